The van der Waals surface area contributed by atoms with Gasteiger partial charge in [0.25, 0.3) is 0 Å². The number of nitrogens with one attached hydrogen (secondary N) is 1. The van der Waals surface area contributed by atoms with Gasteiger partial charge in [-0.1, -0.05) is 68.7 Å². The average Bonchev–Trinajstić information content (AvgIpc) is 2.75. The van der Waals surface area contributed by atoms with Gasteiger partial charge in [-0.2, -0.15) is 0 Å². The highest BCUT2D eigenvalue weighted by molar-refractivity contribution is 5.28. The normalized spacial score (nSPS) is 11.2. The predicted molar refractivity (Wildman–Crippen MR) is 125 cm³/mol. The summed E-state index contributed by atoms with van der Waals surface area (Å²) in [4.78, 5) is 2.63. The van der Waals surface area contributed by atoms with E-state index in [2.05, 4.69) is 79.5 Å². The molecular weight excluding hydrogens is 356 g/mol. The van der Waals surface area contributed by atoms with Gasteiger partial charge in [0.05, 0.1) is 0 Å². The van der Waals surface area contributed by atoms with Crippen LogP contribution in [0.1, 0.15) is 62.6 Å². The third kappa shape index (κ3) is 9.96. The lowest BCUT2D eigenvalue weighted by atomic mass is 10.2. The second kappa shape index (κ2) is 14.2. The van der Waals surface area contributed by atoms with Crippen LogP contribution in [-0.4, -0.2) is 31.1 Å². The molecule has 3 nitrogen and oxygen atoms in total. The third-order valence-electron chi connectivity index (χ3n) is 5.26. The topological polar surface area (TPSA) is 24.5 Å². The van der Waals surface area contributed by atoms with Crippen molar-refractivity contribution in [2.45, 2.75) is 66.0 Å². The van der Waals surface area contributed by atoms with Gasteiger partial charge in [0.2, 0.25) is 0 Å². The van der Waals surface area contributed by atoms with Crippen LogP contribution < -0.4 is 10.1 Å². The molecule has 0 bridgehead atoms. The lowest BCUT2D eigenvalue weighted by Crippen LogP contribution is -2.29. The zero-order chi connectivity index (χ0) is 20.7. The maximum absolute atomic E-state index is 5.89. The number of hydrogen-bond donors (Lipinski definition) is 1. The number of rotatable bonds is 15. The first-order chi connectivity index (χ1) is 14.2. The van der Waals surface area contributed by atoms with Crippen LogP contribution in [0.15, 0.2) is 48.5 Å². The lowest BCUT2D eigenvalue weighted by Gasteiger charge is -2.22. The van der Waals surface area contributed by atoms with Crippen LogP contribution in [0.3, 0.4) is 0 Å². The monoisotopic (exact) mass is 396 g/mol. The zero-order valence-corrected chi connectivity index (χ0v) is 18.8. The van der Waals surface area contributed by atoms with Gasteiger partial charge in [-0.3, -0.25) is 0 Å². The van der Waals surface area contributed by atoms with Crippen molar-refractivity contribution in [3.63, 3.8) is 0 Å². The Balaban J connectivity index is 1.63. The maximum atomic E-state index is 5.89. The Bertz CT molecular complexity index is 643. The Morgan fingerprint density at radius 3 is 1.97 bits per heavy atom. The van der Waals surface area contributed by atoms with Crippen LogP contribution in [-0.2, 0) is 13.2 Å². The molecule has 0 radical (unpaired) electrons. The molecule has 0 spiro atoms. The van der Waals surface area contributed by atoms with Crippen LogP contribution in [0.5, 0.6) is 5.75 Å². The van der Waals surface area contributed by atoms with Gasteiger partial charge in [-0.25, -0.2) is 0 Å². The second-order valence-corrected chi connectivity index (χ2v) is 8.00. The minimum atomic E-state index is 0.616. The quantitative estimate of drug-likeness (QED) is 0.376. The van der Waals surface area contributed by atoms with Gasteiger partial charge in [0.1, 0.15) is 12.4 Å². The number of ether oxygens (including phenoxy) is 1. The van der Waals surface area contributed by atoms with Gasteiger partial charge in [0.15, 0.2) is 0 Å². The molecule has 0 saturated carbocycles. The maximum Gasteiger partial charge on any atom is 0.119 e. The molecule has 0 amide bonds. The third-order valence-corrected chi connectivity index (χ3v) is 5.26. The van der Waals surface area contributed by atoms with Crippen molar-refractivity contribution in [2.24, 2.45) is 0 Å². The van der Waals surface area contributed by atoms with Crippen LogP contribution in [0.25, 0.3) is 0 Å². The molecule has 0 atom stereocenters. The zero-order valence-electron chi connectivity index (χ0n) is 18.8. The molecule has 0 unspecified atom stereocenters. The minimum absolute atomic E-state index is 0.616. The molecule has 0 aliphatic heterocycles. The molecule has 0 heterocycles. The highest BCUT2D eigenvalue weighted by Crippen LogP contribution is 2.14. The number of benzene rings is 2. The summed E-state index contributed by atoms with van der Waals surface area (Å²) in [5.74, 6) is 0.928. The first kappa shape index (κ1) is 23.4. The van der Waals surface area contributed by atoms with Gasteiger partial charge < -0.3 is 15.0 Å². The van der Waals surface area contributed by atoms with E-state index in [1.54, 1.807) is 0 Å². The van der Waals surface area contributed by atoms with E-state index in [-0.39, 0.29) is 0 Å². The summed E-state index contributed by atoms with van der Waals surface area (Å²) in [7, 11) is 0. The van der Waals surface area contributed by atoms with Gasteiger partial charge in [-0.05, 0) is 75.6 Å². The molecule has 0 fully saturated rings. The second-order valence-electron chi connectivity index (χ2n) is 8.00. The summed E-state index contributed by atoms with van der Waals surface area (Å²) in [5.41, 5.74) is 3.79. The van der Waals surface area contributed by atoms with Crippen LogP contribution >= 0.6 is 0 Å². The number of aryl methyl sites for hydroxylation is 1. The molecule has 29 heavy (non-hydrogen) atoms. The van der Waals surface area contributed by atoms with Crippen LogP contribution in [0.4, 0.5) is 0 Å². The summed E-state index contributed by atoms with van der Waals surface area (Å²) < 4.78 is 5.89. The first-order valence-corrected chi connectivity index (χ1v) is 11.4. The Hall–Kier alpha value is -1.84. The van der Waals surface area contributed by atoms with Crippen LogP contribution in [0.2, 0.25) is 0 Å². The largest absolute Gasteiger partial charge is 0.489 e. The molecular formula is C26H40N2O. The van der Waals surface area contributed by atoms with Crippen molar-refractivity contribution in [1.29, 1.82) is 0 Å². The van der Waals surface area contributed by atoms with E-state index < -0.39 is 0 Å². The highest BCUT2D eigenvalue weighted by Gasteiger charge is 2.03. The van der Waals surface area contributed by atoms with E-state index in [4.69, 9.17) is 4.74 Å². The van der Waals surface area contributed by atoms with Crippen molar-refractivity contribution in [1.82, 2.24) is 10.2 Å². The van der Waals surface area contributed by atoms with Gasteiger partial charge >= 0.3 is 0 Å². The number of unbranched alkanes of at least 4 members (excludes halogenated alkanes) is 2. The van der Waals surface area contributed by atoms with E-state index in [0.29, 0.717) is 6.61 Å². The summed E-state index contributed by atoms with van der Waals surface area (Å²) in [5, 5.41) is 3.58. The molecule has 2 rings (SSSR count). The fraction of sp³-hybridized carbons (Fsp3) is 0.538. The summed E-state index contributed by atoms with van der Waals surface area (Å²) in [6.07, 6.45) is 6.41. The van der Waals surface area contributed by atoms with E-state index in [1.807, 2.05) is 0 Å². The molecule has 0 aromatic heterocycles. The standard InChI is InChI=1S/C26H40N2O/c1-4-6-18-28(19-7-5-2)20-8-17-27-21-24-13-15-26(16-14-24)29-22-25-11-9-23(3)10-12-25/h9-16,27H,4-8,17-22H2,1-3H3. The molecule has 0 aliphatic carbocycles. The van der Waals surface area contributed by atoms with E-state index in [1.165, 1.54) is 68.4 Å². The van der Waals surface area contributed by atoms with Gasteiger partial charge in [-0.15, -0.1) is 0 Å². The first-order valence-electron chi connectivity index (χ1n) is 11.4. The summed E-state index contributed by atoms with van der Waals surface area (Å²) in [6, 6.07) is 17.0. The van der Waals surface area contributed by atoms with Crippen molar-refractivity contribution in [2.75, 3.05) is 26.2 Å². The van der Waals surface area contributed by atoms with Crippen molar-refractivity contribution in [3.05, 3.63) is 65.2 Å². The Labute approximate surface area is 178 Å². The van der Waals surface area contributed by atoms with Gasteiger partial charge in [0, 0.05) is 6.54 Å². The fourth-order valence-electron chi connectivity index (χ4n) is 3.31. The smallest absolute Gasteiger partial charge is 0.119 e. The number of nitrogens with zero attached hydrogens (tertiary/aromatic N) is 1. The van der Waals surface area contributed by atoms with E-state index in [0.717, 1.165) is 18.8 Å². The van der Waals surface area contributed by atoms with Crippen molar-refractivity contribution >= 4 is 0 Å². The molecule has 2 aromatic rings. The van der Waals surface area contributed by atoms with E-state index >= 15 is 0 Å². The highest BCUT2D eigenvalue weighted by atomic mass is 16.5. The summed E-state index contributed by atoms with van der Waals surface area (Å²) >= 11 is 0. The fourth-order valence-corrected chi connectivity index (χ4v) is 3.31. The molecule has 160 valence electrons. The average molecular weight is 397 g/mol. The van der Waals surface area contributed by atoms with Crippen LogP contribution in [0, 0.1) is 6.92 Å². The Morgan fingerprint density at radius 1 is 0.759 bits per heavy atom. The molecule has 0 saturated heterocycles. The Kier molecular flexibility index (Phi) is 11.5. The summed E-state index contributed by atoms with van der Waals surface area (Å²) in [6.45, 7) is 13.0. The number of hydrogen-bond acceptors (Lipinski definition) is 3. The lowest BCUT2D eigenvalue weighted by molar-refractivity contribution is 0.261. The van der Waals surface area contributed by atoms with Crippen molar-refractivity contribution < 1.29 is 4.74 Å². The predicted octanol–water partition coefficient (Wildman–Crippen LogP) is 5.96. The molecule has 2 aromatic carbocycles. The molecule has 1 N–H and O–H groups in total. The van der Waals surface area contributed by atoms with E-state index in [9.17, 15) is 0 Å². The molecule has 0 aliphatic rings. The Morgan fingerprint density at radius 2 is 1.34 bits per heavy atom. The minimum Gasteiger partial charge on any atom is -0.489 e. The SMILES string of the molecule is CCCCN(CCCC)CCCNCc1ccc(OCc2ccc(C)cc2)cc1. The molecule has 3 heteroatoms. The van der Waals surface area contributed by atoms with Crippen molar-refractivity contribution in [3.8, 4) is 5.75 Å².